The Labute approximate surface area is 222 Å². The number of carbonyl (C=O) groups excluding carboxylic acids is 1. The van der Waals surface area contributed by atoms with Crippen molar-refractivity contribution in [2.24, 2.45) is 5.92 Å². The predicted molar refractivity (Wildman–Crippen MR) is 147 cm³/mol. The second-order valence-corrected chi connectivity index (χ2v) is 9.62. The summed E-state index contributed by atoms with van der Waals surface area (Å²) in [7, 11) is 0. The number of aromatic nitrogens is 3. The number of ether oxygens (including phenoxy) is 1. The first-order valence-corrected chi connectivity index (χ1v) is 13.1. The lowest BCUT2D eigenvalue weighted by atomic mass is 9.89. The SMILES string of the molecule is N#Cc1cnc(Nc2cc(NCC3CCCCC3)c(C(=O)Nc3ccc(N4CCOCC4)cc3)cn2)cn1. The van der Waals surface area contributed by atoms with Crippen LogP contribution in [0.25, 0.3) is 0 Å². The smallest absolute Gasteiger partial charge is 0.259 e. The van der Waals surface area contributed by atoms with E-state index in [2.05, 4.69) is 35.8 Å². The van der Waals surface area contributed by atoms with Crippen molar-refractivity contribution >= 4 is 34.6 Å². The molecule has 2 aromatic heterocycles. The van der Waals surface area contributed by atoms with Gasteiger partial charge in [0, 0.05) is 43.3 Å². The molecule has 1 aromatic carbocycles. The third-order valence-corrected chi connectivity index (χ3v) is 6.98. The van der Waals surface area contributed by atoms with Crippen molar-refractivity contribution in [3.8, 4) is 6.07 Å². The van der Waals surface area contributed by atoms with E-state index in [1.165, 1.54) is 44.5 Å². The molecule has 0 atom stereocenters. The Morgan fingerprint density at radius 3 is 2.47 bits per heavy atom. The van der Waals surface area contributed by atoms with Gasteiger partial charge in [0.1, 0.15) is 17.7 Å². The number of nitrogens with one attached hydrogen (secondary N) is 3. The van der Waals surface area contributed by atoms with Gasteiger partial charge in [-0.15, -0.1) is 0 Å². The molecule has 38 heavy (non-hydrogen) atoms. The molecule has 1 saturated heterocycles. The molecule has 0 unspecified atom stereocenters. The Kier molecular flexibility index (Phi) is 8.26. The maximum Gasteiger partial charge on any atom is 0.259 e. The average molecular weight is 513 g/mol. The summed E-state index contributed by atoms with van der Waals surface area (Å²) in [6.07, 6.45) is 10.6. The van der Waals surface area contributed by atoms with E-state index in [-0.39, 0.29) is 11.6 Å². The van der Waals surface area contributed by atoms with Gasteiger partial charge in [-0.1, -0.05) is 19.3 Å². The monoisotopic (exact) mass is 512 g/mol. The van der Waals surface area contributed by atoms with Gasteiger partial charge in [0.25, 0.3) is 5.91 Å². The number of pyridine rings is 1. The summed E-state index contributed by atoms with van der Waals surface area (Å²) in [6, 6.07) is 11.7. The van der Waals surface area contributed by atoms with E-state index >= 15 is 0 Å². The van der Waals surface area contributed by atoms with Crippen LogP contribution in [0, 0.1) is 17.2 Å². The number of morpholine rings is 1. The number of carbonyl (C=O) groups is 1. The molecule has 0 bridgehead atoms. The van der Waals surface area contributed by atoms with Gasteiger partial charge in [0.15, 0.2) is 5.69 Å². The molecular weight excluding hydrogens is 480 g/mol. The molecule has 1 amide bonds. The van der Waals surface area contributed by atoms with Crippen LogP contribution in [0.5, 0.6) is 0 Å². The molecule has 3 aromatic rings. The van der Waals surface area contributed by atoms with Crippen molar-refractivity contribution in [1.82, 2.24) is 15.0 Å². The highest BCUT2D eigenvalue weighted by Gasteiger charge is 2.18. The molecule has 2 aliphatic rings. The normalized spacial score (nSPS) is 15.9. The number of hydrogen-bond acceptors (Lipinski definition) is 9. The van der Waals surface area contributed by atoms with Crippen molar-refractivity contribution < 1.29 is 9.53 Å². The third-order valence-electron chi connectivity index (χ3n) is 6.98. The van der Waals surface area contributed by atoms with Crippen LogP contribution in [0.2, 0.25) is 0 Å². The Morgan fingerprint density at radius 1 is 1.00 bits per heavy atom. The summed E-state index contributed by atoms with van der Waals surface area (Å²) >= 11 is 0. The summed E-state index contributed by atoms with van der Waals surface area (Å²) in [5.74, 6) is 1.35. The van der Waals surface area contributed by atoms with Crippen LogP contribution in [0.3, 0.4) is 0 Å². The lowest BCUT2D eigenvalue weighted by Gasteiger charge is -2.28. The van der Waals surface area contributed by atoms with Crippen molar-refractivity contribution in [1.29, 1.82) is 5.26 Å². The Morgan fingerprint density at radius 2 is 1.76 bits per heavy atom. The fourth-order valence-corrected chi connectivity index (χ4v) is 4.85. The molecule has 0 spiro atoms. The molecule has 1 aliphatic heterocycles. The highest BCUT2D eigenvalue weighted by molar-refractivity contribution is 6.08. The maximum absolute atomic E-state index is 13.3. The first-order valence-electron chi connectivity index (χ1n) is 13.1. The summed E-state index contributed by atoms with van der Waals surface area (Å²) in [5, 5.41) is 18.6. The van der Waals surface area contributed by atoms with E-state index in [1.807, 2.05) is 36.4 Å². The van der Waals surface area contributed by atoms with E-state index in [1.54, 1.807) is 6.20 Å². The van der Waals surface area contributed by atoms with Crippen molar-refractivity contribution in [3.05, 3.63) is 60.2 Å². The summed E-state index contributed by atoms with van der Waals surface area (Å²) in [6.45, 7) is 3.98. The van der Waals surface area contributed by atoms with Crippen LogP contribution < -0.4 is 20.9 Å². The number of anilines is 5. The molecule has 10 heteroatoms. The van der Waals surface area contributed by atoms with Crippen LogP contribution in [0.4, 0.5) is 28.7 Å². The molecule has 196 valence electrons. The minimum atomic E-state index is -0.229. The summed E-state index contributed by atoms with van der Waals surface area (Å²) in [5.41, 5.74) is 3.25. The molecule has 1 saturated carbocycles. The summed E-state index contributed by atoms with van der Waals surface area (Å²) in [4.78, 5) is 28.3. The molecule has 1 aliphatic carbocycles. The van der Waals surface area contributed by atoms with E-state index < -0.39 is 0 Å². The second kappa shape index (κ2) is 12.3. The number of amides is 1. The van der Waals surface area contributed by atoms with E-state index in [9.17, 15) is 4.79 Å². The Balaban J connectivity index is 1.31. The molecule has 0 radical (unpaired) electrons. The van der Waals surface area contributed by atoms with E-state index in [4.69, 9.17) is 10.00 Å². The Hall–Kier alpha value is -4.23. The fraction of sp³-hybridized carbons (Fsp3) is 0.393. The van der Waals surface area contributed by atoms with Gasteiger partial charge in [0.05, 0.1) is 36.9 Å². The van der Waals surface area contributed by atoms with Gasteiger partial charge in [-0.3, -0.25) is 4.79 Å². The van der Waals surface area contributed by atoms with Gasteiger partial charge in [0.2, 0.25) is 0 Å². The average Bonchev–Trinajstić information content (AvgIpc) is 2.98. The largest absolute Gasteiger partial charge is 0.384 e. The number of hydrogen-bond donors (Lipinski definition) is 3. The zero-order chi connectivity index (χ0) is 26.2. The van der Waals surface area contributed by atoms with Crippen LogP contribution in [-0.2, 0) is 4.74 Å². The Bertz CT molecular complexity index is 1260. The standard InChI is InChI=1S/C28H32N8O2/c29-15-22-17-32-27(19-30-22)35-26-14-25(31-16-20-4-2-1-3-5-20)24(18-33-26)28(37)34-21-6-8-23(9-7-21)36-10-12-38-13-11-36/h6-9,14,17-20H,1-5,10-13,16H2,(H,34,37)(H2,31,32,33,35). The van der Waals surface area contributed by atoms with Crippen molar-refractivity contribution in [2.75, 3.05) is 53.7 Å². The zero-order valence-corrected chi connectivity index (χ0v) is 21.3. The first-order chi connectivity index (χ1) is 18.7. The van der Waals surface area contributed by atoms with Gasteiger partial charge in [-0.25, -0.2) is 15.0 Å². The molecule has 10 nitrogen and oxygen atoms in total. The number of nitrogens with zero attached hydrogens (tertiary/aromatic N) is 5. The lowest BCUT2D eigenvalue weighted by Crippen LogP contribution is -2.36. The number of rotatable bonds is 8. The van der Waals surface area contributed by atoms with Gasteiger partial charge >= 0.3 is 0 Å². The molecule has 3 N–H and O–H groups in total. The topological polar surface area (TPSA) is 128 Å². The first kappa shape index (κ1) is 25.4. The number of benzene rings is 1. The van der Waals surface area contributed by atoms with Crippen LogP contribution in [0.1, 0.15) is 48.2 Å². The molecule has 3 heterocycles. The van der Waals surface area contributed by atoms with E-state index in [0.717, 1.165) is 44.2 Å². The predicted octanol–water partition coefficient (Wildman–Crippen LogP) is 4.57. The highest BCUT2D eigenvalue weighted by atomic mass is 16.5. The fourth-order valence-electron chi connectivity index (χ4n) is 4.85. The van der Waals surface area contributed by atoms with Crippen molar-refractivity contribution in [2.45, 2.75) is 32.1 Å². The third kappa shape index (κ3) is 6.55. The van der Waals surface area contributed by atoms with Gasteiger partial charge in [-0.2, -0.15) is 5.26 Å². The minimum Gasteiger partial charge on any atom is -0.384 e. The summed E-state index contributed by atoms with van der Waals surface area (Å²) < 4.78 is 5.43. The van der Waals surface area contributed by atoms with Crippen LogP contribution >= 0.6 is 0 Å². The van der Waals surface area contributed by atoms with Crippen LogP contribution in [-0.4, -0.2) is 53.7 Å². The van der Waals surface area contributed by atoms with Crippen LogP contribution in [0.15, 0.2) is 48.9 Å². The molecular formula is C28H32N8O2. The molecule has 5 rings (SSSR count). The second-order valence-electron chi connectivity index (χ2n) is 9.62. The minimum absolute atomic E-state index is 0.229. The number of nitriles is 1. The quantitative estimate of drug-likeness (QED) is 0.398. The van der Waals surface area contributed by atoms with Gasteiger partial charge in [-0.05, 0) is 43.0 Å². The molecule has 2 fully saturated rings. The zero-order valence-electron chi connectivity index (χ0n) is 21.3. The highest BCUT2D eigenvalue weighted by Crippen LogP contribution is 2.27. The maximum atomic E-state index is 13.3. The van der Waals surface area contributed by atoms with Crippen molar-refractivity contribution in [3.63, 3.8) is 0 Å². The van der Waals surface area contributed by atoms with E-state index in [0.29, 0.717) is 28.8 Å². The lowest BCUT2D eigenvalue weighted by molar-refractivity contribution is 0.102. The van der Waals surface area contributed by atoms with Gasteiger partial charge < -0.3 is 25.6 Å².